The smallest absolute Gasteiger partial charge is 0.305 e. The molecule has 0 saturated carbocycles. The molecule has 0 radical (unpaired) electrons. The van der Waals surface area contributed by atoms with Crippen LogP contribution < -0.4 is 0 Å². The zero-order chi connectivity index (χ0) is 15.4. The molecule has 0 saturated heterocycles. The third-order valence-electron chi connectivity index (χ3n) is 3.54. The van der Waals surface area contributed by atoms with Crippen molar-refractivity contribution in [1.82, 2.24) is 4.90 Å². The summed E-state index contributed by atoms with van der Waals surface area (Å²) < 4.78 is 5.43. The summed E-state index contributed by atoms with van der Waals surface area (Å²) in [5, 5.41) is 9.54. The Balaban J connectivity index is 2.31. The molecule has 0 atom stereocenters. The summed E-state index contributed by atoms with van der Waals surface area (Å²) in [6, 6.07) is 5.79. The van der Waals surface area contributed by atoms with E-state index in [1.165, 1.54) is 11.2 Å². The number of furan rings is 1. The summed E-state index contributed by atoms with van der Waals surface area (Å²) in [7, 11) is 0. The van der Waals surface area contributed by atoms with E-state index in [1.54, 1.807) is 0 Å². The van der Waals surface area contributed by atoms with Gasteiger partial charge in [-0.25, -0.2) is 0 Å². The Morgan fingerprint density at radius 3 is 2.67 bits per heavy atom. The van der Waals surface area contributed by atoms with E-state index in [0.29, 0.717) is 17.7 Å². The number of hydrogen-bond donors (Lipinski definition) is 1. The van der Waals surface area contributed by atoms with Gasteiger partial charge in [-0.05, 0) is 31.0 Å². The predicted octanol–water partition coefficient (Wildman–Crippen LogP) is 2.93. The molecule has 0 bridgehead atoms. The Kier molecular flexibility index (Phi) is 4.62. The second-order valence-electron chi connectivity index (χ2n) is 4.86. The fourth-order valence-corrected chi connectivity index (χ4v) is 2.27. The highest BCUT2D eigenvalue weighted by Gasteiger charge is 2.20. The first kappa shape index (κ1) is 15.1. The number of carboxylic acid groups (broad SMARTS) is 1. The molecule has 21 heavy (non-hydrogen) atoms. The van der Waals surface area contributed by atoms with Gasteiger partial charge in [-0.3, -0.25) is 9.59 Å². The quantitative estimate of drug-likeness (QED) is 0.887. The van der Waals surface area contributed by atoms with Gasteiger partial charge in [-0.1, -0.05) is 13.0 Å². The third-order valence-corrected chi connectivity index (χ3v) is 3.54. The number of aliphatic carboxylic acids is 1. The van der Waals surface area contributed by atoms with E-state index < -0.39 is 5.97 Å². The average molecular weight is 289 g/mol. The molecule has 0 aliphatic carbocycles. The third kappa shape index (κ3) is 3.24. The van der Waals surface area contributed by atoms with Crippen LogP contribution in [0.3, 0.4) is 0 Å². The van der Waals surface area contributed by atoms with Crippen molar-refractivity contribution in [1.29, 1.82) is 0 Å². The average Bonchev–Trinajstić information content (AvgIpc) is 2.90. The van der Waals surface area contributed by atoms with Crippen molar-refractivity contribution in [2.45, 2.75) is 26.7 Å². The molecule has 0 fully saturated rings. The minimum Gasteiger partial charge on any atom is -0.481 e. The first-order chi connectivity index (χ1) is 10.1. The molecule has 1 aromatic carbocycles. The maximum atomic E-state index is 12.5. The lowest BCUT2D eigenvalue weighted by atomic mass is 10.1. The number of hydrogen-bond acceptors (Lipinski definition) is 3. The molecule has 0 aliphatic rings. The van der Waals surface area contributed by atoms with E-state index >= 15 is 0 Å². The summed E-state index contributed by atoms with van der Waals surface area (Å²) in [5.41, 5.74) is 2.30. The lowest BCUT2D eigenvalue weighted by Crippen LogP contribution is -2.32. The topological polar surface area (TPSA) is 70.8 Å². The monoisotopic (exact) mass is 289 g/mol. The fraction of sp³-hybridized carbons (Fsp3) is 0.375. The van der Waals surface area contributed by atoms with Crippen molar-refractivity contribution in [3.63, 3.8) is 0 Å². The highest BCUT2D eigenvalue weighted by Crippen LogP contribution is 2.24. The molecule has 112 valence electrons. The molecular formula is C16H19NO4. The van der Waals surface area contributed by atoms with Crippen LogP contribution in [0.2, 0.25) is 0 Å². The van der Waals surface area contributed by atoms with Crippen LogP contribution in [0.25, 0.3) is 11.0 Å². The Morgan fingerprint density at radius 1 is 1.29 bits per heavy atom. The molecule has 1 heterocycles. The van der Waals surface area contributed by atoms with Crippen molar-refractivity contribution in [3.05, 3.63) is 35.6 Å². The molecule has 2 rings (SSSR count). The number of rotatable bonds is 6. The van der Waals surface area contributed by atoms with Crippen LogP contribution in [0.1, 0.15) is 36.2 Å². The van der Waals surface area contributed by atoms with E-state index in [2.05, 4.69) is 0 Å². The van der Waals surface area contributed by atoms with E-state index in [1.807, 2.05) is 32.0 Å². The van der Waals surface area contributed by atoms with E-state index in [9.17, 15) is 9.59 Å². The normalized spacial score (nSPS) is 10.8. The first-order valence-corrected chi connectivity index (χ1v) is 7.08. The number of benzene rings is 1. The first-order valence-electron chi connectivity index (χ1n) is 7.08. The zero-order valence-corrected chi connectivity index (χ0v) is 12.3. The van der Waals surface area contributed by atoms with Crippen molar-refractivity contribution in [2.75, 3.05) is 13.1 Å². The maximum absolute atomic E-state index is 12.5. The van der Waals surface area contributed by atoms with E-state index in [4.69, 9.17) is 9.52 Å². The molecule has 0 aliphatic heterocycles. The minimum atomic E-state index is -0.911. The van der Waals surface area contributed by atoms with Crippen LogP contribution in [0.15, 0.2) is 28.9 Å². The number of nitrogens with zero attached hydrogens (tertiary/aromatic N) is 1. The van der Waals surface area contributed by atoms with Crippen LogP contribution in [0, 0.1) is 0 Å². The van der Waals surface area contributed by atoms with Crippen LogP contribution >= 0.6 is 0 Å². The number of fused-ring (bicyclic) bond motifs is 1. The fourth-order valence-electron chi connectivity index (χ4n) is 2.27. The van der Waals surface area contributed by atoms with Crippen molar-refractivity contribution < 1.29 is 19.1 Å². The zero-order valence-electron chi connectivity index (χ0n) is 12.3. The van der Waals surface area contributed by atoms with Crippen molar-refractivity contribution in [2.24, 2.45) is 0 Å². The summed E-state index contributed by atoms with van der Waals surface area (Å²) >= 11 is 0. The Hall–Kier alpha value is -2.30. The summed E-state index contributed by atoms with van der Waals surface area (Å²) in [6.07, 6.45) is 2.27. The molecule has 5 nitrogen and oxygen atoms in total. The second-order valence-corrected chi connectivity index (χ2v) is 4.86. The van der Waals surface area contributed by atoms with Crippen molar-refractivity contribution >= 4 is 22.8 Å². The van der Waals surface area contributed by atoms with Crippen LogP contribution in [0.4, 0.5) is 0 Å². The number of carbonyl (C=O) groups excluding carboxylic acids is 1. The van der Waals surface area contributed by atoms with Crippen molar-refractivity contribution in [3.8, 4) is 0 Å². The van der Waals surface area contributed by atoms with Gasteiger partial charge in [0.1, 0.15) is 11.8 Å². The molecule has 0 spiro atoms. The summed E-state index contributed by atoms with van der Waals surface area (Å²) in [4.78, 5) is 24.7. The molecule has 1 N–H and O–H groups in total. The number of carbonyl (C=O) groups is 2. The lowest BCUT2D eigenvalue weighted by Gasteiger charge is -2.19. The van der Waals surface area contributed by atoms with Crippen LogP contribution in [-0.4, -0.2) is 35.0 Å². The van der Waals surface area contributed by atoms with Gasteiger partial charge in [0.25, 0.3) is 5.91 Å². The van der Waals surface area contributed by atoms with Gasteiger partial charge in [0.2, 0.25) is 0 Å². The van der Waals surface area contributed by atoms with Gasteiger partial charge in [0.05, 0.1) is 12.0 Å². The highest BCUT2D eigenvalue weighted by atomic mass is 16.4. The van der Waals surface area contributed by atoms with Gasteiger partial charge >= 0.3 is 5.97 Å². The summed E-state index contributed by atoms with van der Waals surface area (Å²) in [6.45, 7) is 4.55. The molecule has 5 heteroatoms. The Bertz CT molecular complexity index is 659. The van der Waals surface area contributed by atoms with Gasteiger partial charge in [0, 0.05) is 18.5 Å². The molecule has 0 unspecified atom stereocenters. The Labute approximate surface area is 123 Å². The Morgan fingerprint density at radius 2 is 2.05 bits per heavy atom. The summed E-state index contributed by atoms with van der Waals surface area (Å²) in [5.74, 6) is -1.10. The standard InChI is InChI=1S/C16H19NO4/c1-3-11-5-6-14-12(9-11)13(10-21-14)16(20)17(4-2)8-7-15(18)19/h5-6,9-10H,3-4,7-8H2,1-2H3,(H,18,19). The van der Waals surface area contributed by atoms with Gasteiger partial charge < -0.3 is 14.4 Å². The maximum Gasteiger partial charge on any atom is 0.305 e. The largest absolute Gasteiger partial charge is 0.481 e. The van der Waals surface area contributed by atoms with Gasteiger partial charge in [0.15, 0.2) is 0 Å². The number of amides is 1. The minimum absolute atomic E-state index is 0.0599. The lowest BCUT2D eigenvalue weighted by molar-refractivity contribution is -0.137. The van der Waals surface area contributed by atoms with Crippen LogP contribution in [-0.2, 0) is 11.2 Å². The van der Waals surface area contributed by atoms with E-state index in [0.717, 1.165) is 17.4 Å². The molecule has 1 aromatic heterocycles. The second kappa shape index (κ2) is 6.43. The molecular weight excluding hydrogens is 270 g/mol. The molecule has 2 aromatic rings. The van der Waals surface area contributed by atoms with Gasteiger partial charge in [-0.2, -0.15) is 0 Å². The predicted molar refractivity (Wildman–Crippen MR) is 79.4 cm³/mol. The van der Waals surface area contributed by atoms with Gasteiger partial charge in [-0.15, -0.1) is 0 Å². The number of aryl methyl sites for hydroxylation is 1. The van der Waals surface area contributed by atoms with Crippen LogP contribution in [0.5, 0.6) is 0 Å². The molecule has 1 amide bonds. The highest BCUT2D eigenvalue weighted by molar-refractivity contribution is 6.06. The van der Waals surface area contributed by atoms with E-state index in [-0.39, 0.29) is 18.9 Å². The SMILES string of the molecule is CCc1ccc2occ(C(=O)N(CC)CCC(=O)O)c2c1. The number of carboxylic acids is 1.